The van der Waals surface area contributed by atoms with E-state index in [0.29, 0.717) is 16.3 Å². The molecule has 2 aromatic rings. The molecule has 0 aliphatic carbocycles. The number of aryl methyl sites for hydroxylation is 1. The predicted octanol–water partition coefficient (Wildman–Crippen LogP) is 3.22. The Hall–Kier alpha value is -2.71. The van der Waals surface area contributed by atoms with E-state index >= 15 is 0 Å². The summed E-state index contributed by atoms with van der Waals surface area (Å²) in [7, 11) is 1.26. The number of anilines is 1. The monoisotopic (exact) mass is 449 g/mol. The summed E-state index contributed by atoms with van der Waals surface area (Å²) in [4.78, 5) is 36.9. The standard InChI is InChI=1S/C21H24ClN3O4S/c1-12-4-5-15(22)9-14(12)8-13(2)20(27)25(11-19(24)26)30-16-6-7-17(18(23)10-16)21(28)29-3/h4-7,9-10,13H,8,11,23H2,1-3H3,(H2,24,26). The first-order chi connectivity index (χ1) is 14.1. The second kappa shape index (κ2) is 10.4. The molecule has 2 amide bonds. The molecule has 4 N–H and O–H groups in total. The van der Waals surface area contributed by atoms with Gasteiger partial charge in [-0.05, 0) is 66.8 Å². The molecule has 0 radical (unpaired) electrons. The Kier molecular flexibility index (Phi) is 8.14. The third-order valence-electron chi connectivity index (χ3n) is 4.45. The Bertz CT molecular complexity index is 967. The smallest absolute Gasteiger partial charge is 0.339 e. The van der Waals surface area contributed by atoms with Gasteiger partial charge in [0.15, 0.2) is 0 Å². The maximum absolute atomic E-state index is 13.0. The van der Waals surface area contributed by atoms with Crippen LogP contribution in [0, 0.1) is 12.8 Å². The van der Waals surface area contributed by atoms with Crippen molar-refractivity contribution < 1.29 is 19.1 Å². The molecule has 30 heavy (non-hydrogen) atoms. The van der Waals surface area contributed by atoms with Crippen LogP contribution in [0.25, 0.3) is 0 Å². The molecule has 1 atom stereocenters. The molecule has 0 saturated heterocycles. The van der Waals surface area contributed by atoms with Crippen LogP contribution in [-0.4, -0.2) is 35.7 Å². The molecular weight excluding hydrogens is 426 g/mol. The second-order valence-electron chi connectivity index (χ2n) is 6.85. The van der Waals surface area contributed by atoms with Crippen LogP contribution in [-0.2, 0) is 20.7 Å². The number of carbonyl (C=O) groups is 3. The fourth-order valence-electron chi connectivity index (χ4n) is 2.84. The first kappa shape index (κ1) is 23.6. The molecule has 0 fully saturated rings. The number of nitrogens with zero attached hydrogens (tertiary/aromatic N) is 1. The molecule has 0 aliphatic heterocycles. The van der Waals surface area contributed by atoms with Gasteiger partial charge in [0.25, 0.3) is 0 Å². The topological polar surface area (TPSA) is 116 Å². The molecule has 0 aromatic heterocycles. The van der Waals surface area contributed by atoms with Gasteiger partial charge in [0, 0.05) is 21.5 Å². The zero-order valence-corrected chi connectivity index (χ0v) is 18.5. The summed E-state index contributed by atoms with van der Waals surface area (Å²) in [6, 6.07) is 10.2. The lowest BCUT2D eigenvalue weighted by atomic mass is 9.97. The maximum Gasteiger partial charge on any atom is 0.339 e. The number of nitrogen functional groups attached to an aromatic ring is 1. The highest BCUT2D eigenvalue weighted by atomic mass is 35.5. The lowest BCUT2D eigenvalue weighted by molar-refractivity contribution is -0.132. The number of benzene rings is 2. The maximum atomic E-state index is 13.0. The summed E-state index contributed by atoms with van der Waals surface area (Å²) in [5.41, 5.74) is 13.7. The zero-order chi connectivity index (χ0) is 22.4. The highest BCUT2D eigenvalue weighted by molar-refractivity contribution is 7.97. The molecule has 0 saturated carbocycles. The molecule has 1 unspecified atom stereocenters. The Labute approximate surface area is 184 Å². The molecule has 9 heteroatoms. The molecule has 0 bridgehead atoms. The van der Waals surface area contributed by atoms with Crippen LogP contribution >= 0.6 is 23.5 Å². The molecule has 7 nitrogen and oxygen atoms in total. The first-order valence-corrected chi connectivity index (χ1v) is 10.3. The number of methoxy groups -OCH3 is 1. The molecule has 0 spiro atoms. The predicted molar refractivity (Wildman–Crippen MR) is 118 cm³/mol. The number of hydrogen-bond acceptors (Lipinski definition) is 6. The summed E-state index contributed by atoms with van der Waals surface area (Å²) in [5.74, 6) is -1.87. The minimum atomic E-state index is -0.638. The van der Waals surface area contributed by atoms with Crippen molar-refractivity contribution in [3.05, 3.63) is 58.1 Å². The Morgan fingerprint density at radius 1 is 1.20 bits per heavy atom. The van der Waals surface area contributed by atoms with Crippen molar-refractivity contribution in [2.24, 2.45) is 11.7 Å². The number of hydrogen-bond donors (Lipinski definition) is 2. The van der Waals surface area contributed by atoms with E-state index in [1.165, 1.54) is 17.5 Å². The van der Waals surface area contributed by atoms with E-state index in [1.54, 1.807) is 25.1 Å². The van der Waals surface area contributed by atoms with E-state index in [9.17, 15) is 14.4 Å². The van der Waals surface area contributed by atoms with Crippen molar-refractivity contribution in [2.75, 3.05) is 19.4 Å². The van der Waals surface area contributed by atoms with E-state index in [1.807, 2.05) is 19.1 Å². The van der Waals surface area contributed by atoms with Crippen molar-refractivity contribution in [3.8, 4) is 0 Å². The Morgan fingerprint density at radius 3 is 2.50 bits per heavy atom. The van der Waals surface area contributed by atoms with Crippen LogP contribution in [0.15, 0.2) is 41.3 Å². The van der Waals surface area contributed by atoms with Gasteiger partial charge in [-0.2, -0.15) is 0 Å². The molecule has 0 aliphatic rings. The van der Waals surface area contributed by atoms with Gasteiger partial charge < -0.3 is 16.2 Å². The third kappa shape index (κ3) is 6.14. The summed E-state index contributed by atoms with van der Waals surface area (Å²) >= 11 is 7.11. The number of ether oxygens (including phenoxy) is 1. The summed E-state index contributed by atoms with van der Waals surface area (Å²) in [6.07, 6.45) is 0.463. The highest BCUT2D eigenvalue weighted by Crippen LogP contribution is 2.29. The molecule has 160 valence electrons. The average molecular weight is 450 g/mol. The van der Waals surface area contributed by atoms with Gasteiger partial charge in [0.1, 0.15) is 6.54 Å². The lowest BCUT2D eigenvalue weighted by Gasteiger charge is -2.24. The number of carbonyl (C=O) groups excluding carboxylic acids is 3. The van der Waals surface area contributed by atoms with Crippen molar-refractivity contribution in [2.45, 2.75) is 25.2 Å². The minimum Gasteiger partial charge on any atom is -0.465 e. The van der Waals surface area contributed by atoms with Crippen molar-refractivity contribution in [1.82, 2.24) is 4.31 Å². The number of rotatable bonds is 8. The molecule has 2 rings (SSSR count). The fourth-order valence-corrected chi connectivity index (χ4v) is 4.06. The van der Waals surface area contributed by atoms with Gasteiger partial charge in [-0.1, -0.05) is 24.6 Å². The van der Waals surface area contributed by atoms with Gasteiger partial charge >= 0.3 is 5.97 Å². The van der Waals surface area contributed by atoms with Gasteiger partial charge in [0.05, 0.1) is 12.7 Å². The van der Waals surface area contributed by atoms with Crippen LogP contribution in [0.4, 0.5) is 5.69 Å². The summed E-state index contributed by atoms with van der Waals surface area (Å²) < 4.78 is 5.98. The fraction of sp³-hybridized carbons (Fsp3) is 0.286. The first-order valence-electron chi connectivity index (χ1n) is 9.13. The quantitative estimate of drug-likeness (QED) is 0.363. The number of primary amides is 1. The number of nitrogens with two attached hydrogens (primary N) is 2. The Balaban J connectivity index is 2.21. The molecule has 2 aromatic carbocycles. The van der Waals surface area contributed by atoms with Crippen LogP contribution in [0.2, 0.25) is 5.02 Å². The van der Waals surface area contributed by atoms with E-state index < -0.39 is 17.8 Å². The largest absolute Gasteiger partial charge is 0.465 e. The van der Waals surface area contributed by atoms with Gasteiger partial charge in [-0.25, -0.2) is 4.79 Å². The van der Waals surface area contributed by atoms with Gasteiger partial charge in [-0.3, -0.25) is 13.9 Å². The van der Waals surface area contributed by atoms with Gasteiger partial charge in [-0.15, -0.1) is 0 Å². The van der Waals surface area contributed by atoms with Crippen LogP contribution in [0.3, 0.4) is 0 Å². The zero-order valence-electron chi connectivity index (χ0n) is 17.0. The van der Waals surface area contributed by atoms with E-state index in [4.69, 9.17) is 23.1 Å². The minimum absolute atomic E-state index is 0.209. The normalized spacial score (nSPS) is 11.6. The highest BCUT2D eigenvalue weighted by Gasteiger charge is 2.24. The van der Waals surface area contributed by atoms with Crippen molar-refractivity contribution >= 4 is 47.0 Å². The number of esters is 1. The molecular formula is C21H24ClN3O4S. The summed E-state index contributed by atoms with van der Waals surface area (Å²) in [5, 5.41) is 0.597. The lowest BCUT2D eigenvalue weighted by Crippen LogP contribution is -2.37. The number of halogens is 1. The van der Waals surface area contributed by atoms with Crippen LogP contribution < -0.4 is 11.5 Å². The van der Waals surface area contributed by atoms with Crippen molar-refractivity contribution in [3.63, 3.8) is 0 Å². The number of amides is 2. The van der Waals surface area contributed by atoms with E-state index in [0.717, 1.165) is 23.1 Å². The molecule has 0 heterocycles. The van der Waals surface area contributed by atoms with Crippen molar-refractivity contribution in [1.29, 1.82) is 0 Å². The van der Waals surface area contributed by atoms with E-state index in [2.05, 4.69) is 4.74 Å². The Morgan fingerprint density at radius 2 is 1.90 bits per heavy atom. The SMILES string of the molecule is COC(=O)c1ccc(SN(CC(N)=O)C(=O)C(C)Cc2cc(Cl)ccc2C)cc1N. The third-order valence-corrected chi connectivity index (χ3v) is 5.68. The van der Waals surface area contributed by atoms with E-state index in [-0.39, 0.29) is 23.7 Å². The van der Waals surface area contributed by atoms with Crippen LogP contribution in [0.1, 0.15) is 28.4 Å². The second-order valence-corrected chi connectivity index (χ2v) is 8.38. The van der Waals surface area contributed by atoms with Crippen LogP contribution in [0.5, 0.6) is 0 Å². The average Bonchev–Trinajstić information content (AvgIpc) is 2.68. The summed E-state index contributed by atoms with van der Waals surface area (Å²) in [6.45, 7) is 3.47. The van der Waals surface area contributed by atoms with Gasteiger partial charge in [0.2, 0.25) is 11.8 Å².